The summed E-state index contributed by atoms with van der Waals surface area (Å²) in [5.41, 5.74) is 0.615. The Hall–Kier alpha value is -2.34. The van der Waals surface area contributed by atoms with E-state index >= 15 is 0 Å². The van der Waals surface area contributed by atoms with Gasteiger partial charge >= 0.3 is 0 Å². The molecule has 2 aliphatic rings. The highest BCUT2D eigenvalue weighted by atomic mass is 16.5. The minimum absolute atomic E-state index is 0.0734. The third kappa shape index (κ3) is 3.72. The van der Waals surface area contributed by atoms with Crippen molar-refractivity contribution in [2.75, 3.05) is 6.61 Å². The Kier molecular flexibility index (Phi) is 4.68. The number of carbonyl (C=O) groups is 1. The summed E-state index contributed by atoms with van der Waals surface area (Å²) in [6, 6.07) is 7.95. The van der Waals surface area contributed by atoms with Gasteiger partial charge in [0.2, 0.25) is 5.91 Å². The molecule has 0 spiro atoms. The average Bonchev–Trinajstić information content (AvgIpc) is 3.06. The van der Waals surface area contributed by atoms with Crippen LogP contribution in [0.5, 0.6) is 5.75 Å². The van der Waals surface area contributed by atoms with Crippen molar-refractivity contribution in [3.8, 4) is 5.75 Å². The fourth-order valence-electron chi connectivity index (χ4n) is 4.13. The SMILES string of the molecule is Cn1ccnc1C1CC(NC(=O)C2CC(C)(C)Oc3ccccc32)CCO1. The summed E-state index contributed by atoms with van der Waals surface area (Å²) >= 11 is 0. The van der Waals surface area contributed by atoms with E-state index in [-0.39, 0.29) is 29.6 Å². The second kappa shape index (κ2) is 7.00. The van der Waals surface area contributed by atoms with Crippen LogP contribution in [0.1, 0.15) is 56.5 Å². The molecule has 0 aliphatic carbocycles. The minimum atomic E-state index is -0.360. The number of fused-ring (bicyclic) bond motifs is 1. The largest absolute Gasteiger partial charge is 0.488 e. The Bertz CT molecular complexity index is 830. The molecule has 1 fully saturated rings. The zero-order chi connectivity index (χ0) is 19.0. The molecule has 2 aromatic rings. The zero-order valence-corrected chi connectivity index (χ0v) is 16.1. The summed E-state index contributed by atoms with van der Waals surface area (Å²) in [6.45, 7) is 4.70. The Morgan fingerprint density at radius 2 is 2.15 bits per heavy atom. The number of nitrogens with zero attached hydrogens (tertiary/aromatic N) is 2. The van der Waals surface area contributed by atoms with Gasteiger partial charge in [-0.1, -0.05) is 18.2 Å². The fourth-order valence-corrected chi connectivity index (χ4v) is 4.13. The summed E-state index contributed by atoms with van der Waals surface area (Å²) in [6.07, 6.45) is 5.85. The quantitative estimate of drug-likeness (QED) is 0.903. The van der Waals surface area contributed by atoms with Crippen molar-refractivity contribution >= 4 is 5.91 Å². The van der Waals surface area contributed by atoms with Crippen LogP contribution in [0.3, 0.4) is 0 Å². The summed E-state index contributed by atoms with van der Waals surface area (Å²) in [5, 5.41) is 3.27. The highest BCUT2D eigenvalue weighted by Crippen LogP contribution is 2.41. The van der Waals surface area contributed by atoms with Crippen LogP contribution in [0.15, 0.2) is 36.7 Å². The lowest BCUT2D eigenvalue weighted by Gasteiger charge is -2.38. The van der Waals surface area contributed by atoms with E-state index in [1.165, 1.54) is 0 Å². The molecule has 0 bridgehead atoms. The number of imidazole rings is 1. The number of aryl methyl sites for hydroxylation is 1. The predicted octanol–water partition coefficient (Wildman–Crippen LogP) is 3.10. The summed E-state index contributed by atoms with van der Waals surface area (Å²) in [7, 11) is 1.97. The van der Waals surface area contributed by atoms with Gasteiger partial charge in [-0.25, -0.2) is 4.98 Å². The molecule has 6 nitrogen and oxygen atoms in total. The molecule has 0 saturated carbocycles. The Morgan fingerprint density at radius 3 is 2.93 bits per heavy atom. The van der Waals surface area contributed by atoms with Crippen LogP contribution in [0.4, 0.5) is 0 Å². The first-order valence-electron chi connectivity index (χ1n) is 9.60. The zero-order valence-electron chi connectivity index (χ0n) is 16.1. The van der Waals surface area contributed by atoms with Crippen molar-refractivity contribution < 1.29 is 14.3 Å². The molecule has 3 unspecified atom stereocenters. The monoisotopic (exact) mass is 369 g/mol. The van der Waals surface area contributed by atoms with Crippen LogP contribution in [-0.4, -0.2) is 33.7 Å². The third-order valence-electron chi connectivity index (χ3n) is 5.47. The molecular formula is C21H27N3O3. The number of hydrogen-bond donors (Lipinski definition) is 1. The van der Waals surface area contributed by atoms with Crippen molar-refractivity contribution in [1.29, 1.82) is 0 Å². The number of benzene rings is 1. The van der Waals surface area contributed by atoms with E-state index in [0.29, 0.717) is 13.0 Å². The van der Waals surface area contributed by atoms with Gasteiger partial charge in [-0.2, -0.15) is 0 Å². The van der Waals surface area contributed by atoms with Gasteiger partial charge in [-0.05, 0) is 26.3 Å². The first-order valence-corrected chi connectivity index (χ1v) is 9.60. The minimum Gasteiger partial charge on any atom is -0.488 e. The Labute approximate surface area is 159 Å². The molecule has 1 aromatic heterocycles. The van der Waals surface area contributed by atoms with E-state index in [4.69, 9.17) is 9.47 Å². The molecule has 1 amide bonds. The van der Waals surface area contributed by atoms with Crippen LogP contribution < -0.4 is 10.1 Å². The van der Waals surface area contributed by atoms with Crippen molar-refractivity contribution in [2.45, 2.75) is 56.8 Å². The third-order valence-corrected chi connectivity index (χ3v) is 5.47. The number of amides is 1. The van der Waals surface area contributed by atoms with Crippen molar-refractivity contribution in [3.63, 3.8) is 0 Å². The van der Waals surface area contributed by atoms with Crippen molar-refractivity contribution in [1.82, 2.24) is 14.9 Å². The molecule has 27 heavy (non-hydrogen) atoms. The first kappa shape index (κ1) is 18.0. The average molecular weight is 369 g/mol. The number of hydrogen-bond acceptors (Lipinski definition) is 4. The summed E-state index contributed by atoms with van der Waals surface area (Å²) in [5.74, 6) is 1.60. The van der Waals surface area contributed by atoms with Gasteiger partial charge < -0.3 is 19.4 Å². The van der Waals surface area contributed by atoms with Crippen molar-refractivity contribution in [3.05, 3.63) is 48.0 Å². The van der Waals surface area contributed by atoms with Gasteiger partial charge in [0, 0.05) is 50.5 Å². The summed E-state index contributed by atoms with van der Waals surface area (Å²) < 4.78 is 13.9. The van der Waals surface area contributed by atoms with E-state index in [1.54, 1.807) is 6.20 Å². The fraction of sp³-hybridized carbons (Fsp3) is 0.524. The van der Waals surface area contributed by atoms with E-state index in [2.05, 4.69) is 10.3 Å². The Balaban J connectivity index is 1.48. The normalized spacial score (nSPS) is 26.7. The smallest absolute Gasteiger partial charge is 0.228 e. The maximum Gasteiger partial charge on any atom is 0.228 e. The van der Waals surface area contributed by atoms with Crippen LogP contribution in [0.25, 0.3) is 0 Å². The van der Waals surface area contributed by atoms with Crippen LogP contribution in [0, 0.1) is 0 Å². The topological polar surface area (TPSA) is 65.4 Å². The van der Waals surface area contributed by atoms with Crippen LogP contribution in [-0.2, 0) is 16.6 Å². The second-order valence-electron chi connectivity index (χ2n) is 8.14. The molecule has 1 saturated heterocycles. The number of aromatic nitrogens is 2. The van der Waals surface area contributed by atoms with E-state index in [0.717, 1.165) is 30.0 Å². The standard InChI is InChI=1S/C21H27N3O3/c1-21(2)13-16(15-6-4-5-7-17(15)27-21)20(25)23-14-8-11-26-18(12-14)19-22-9-10-24(19)3/h4-7,9-10,14,16,18H,8,11-13H2,1-3H3,(H,23,25). The van der Waals surface area contributed by atoms with Gasteiger partial charge in [0.25, 0.3) is 0 Å². The molecule has 0 radical (unpaired) electrons. The predicted molar refractivity (Wildman–Crippen MR) is 102 cm³/mol. The lowest BCUT2D eigenvalue weighted by atomic mass is 9.83. The molecule has 4 rings (SSSR count). The molecular weight excluding hydrogens is 342 g/mol. The first-order chi connectivity index (χ1) is 12.9. The maximum atomic E-state index is 13.1. The molecule has 1 N–H and O–H groups in total. The maximum absolute atomic E-state index is 13.1. The number of ether oxygens (including phenoxy) is 2. The lowest BCUT2D eigenvalue weighted by Crippen LogP contribution is -2.45. The van der Waals surface area contributed by atoms with E-state index in [1.807, 2.05) is 55.9 Å². The van der Waals surface area contributed by atoms with Crippen LogP contribution in [0.2, 0.25) is 0 Å². The molecule has 6 heteroatoms. The molecule has 144 valence electrons. The van der Waals surface area contributed by atoms with Crippen molar-refractivity contribution in [2.24, 2.45) is 7.05 Å². The van der Waals surface area contributed by atoms with Gasteiger partial charge in [0.1, 0.15) is 23.3 Å². The number of carbonyl (C=O) groups excluding carboxylic acids is 1. The Morgan fingerprint density at radius 1 is 1.33 bits per heavy atom. The molecule has 2 aliphatic heterocycles. The number of rotatable bonds is 3. The number of para-hydroxylation sites is 1. The molecule has 1 aromatic carbocycles. The van der Waals surface area contributed by atoms with Gasteiger partial charge in [-0.15, -0.1) is 0 Å². The van der Waals surface area contributed by atoms with Gasteiger partial charge in [0.05, 0.1) is 5.92 Å². The van der Waals surface area contributed by atoms with Gasteiger partial charge in [0.15, 0.2) is 0 Å². The second-order valence-corrected chi connectivity index (χ2v) is 8.14. The molecule has 3 heterocycles. The van der Waals surface area contributed by atoms with E-state index in [9.17, 15) is 4.79 Å². The highest BCUT2D eigenvalue weighted by molar-refractivity contribution is 5.85. The molecule has 3 atom stereocenters. The lowest BCUT2D eigenvalue weighted by molar-refractivity contribution is -0.126. The van der Waals surface area contributed by atoms with Gasteiger partial charge in [-0.3, -0.25) is 4.79 Å². The highest BCUT2D eigenvalue weighted by Gasteiger charge is 2.38. The van der Waals surface area contributed by atoms with E-state index < -0.39 is 0 Å². The summed E-state index contributed by atoms with van der Waals surface area (Å²) in [4.78, 5) is 17.5. The van der Waals surface area contributed by atoms with Crippen LogP contribution >= 0.6 is 0 Å². The number of nitrogens with one attached hydrogen (secondary N) is 1.